The van der Waals surface area contributed by atoms with Crippen LogP contribution in [0.5, 0.6) is 0 Å². The molecule has 1 unspecified atom stereocenters. The fourth-order valence-electron chi connectivity index (χ4n) is 3.22. The molecule has 108 valence electrons. The lowest BCUT2D eigenvalue weighted by molar-refractivity contribution is -0.145. The maximum Gasteiger partial charge on any atom is 0.242 e. The zero-order chi connectivity index (χ0) is 13.9. The van der Waals surface area contributed by atoms with Crippen LogP contribution >= 0.6 is 0 Å². The van der Waals surface area contributed by atoms with Crippen molar-refractivity contribution in [3.05, 3.63) is 0 Å². The number of likely N-dealkylation sites (tertiary alicyclic amines) is 1. The van der Waals surface area contributed by atoms with E-state index >= 15 is 0 Å². The third-order valence-electron chi connectivity index (χ3n) is 4.75. The molecule has 5 heteroatoms. The molecule has 5 nitrogen and oxygen atoms in total. The van der Waals surface area contributed by atoms with Crippen LogP contribution in [0.1, 0.15) is 44.9 Å². The average molecular weight is 267 g/mol. The molecule has 1 atom stereocenters. The van der Waals surface area contributed by atoms with Crippen molar-refractivity contribution in [2.45, 2.75) is 51.0 Å². The lowest BCUT2D eigenvalue weighted by Crippen LogP contribution is -2.53. The van der Waals surface area contributed by atoms with Crippen LogP contribution in [0.4, 0.5) is 0 Å². The van der Waals surface area contributed by atoms with Crippen molar-refractivity contribution < 1.29 is 9.59 Å². The van der Waals surface area contributed by atoms with Crippen molar-refractivity contribution in [2.75, 3.05) is 20.1 Å². The van der Waals surface area contributed by atoms with Crippen molar-refractivity contribution in [2.24, 2.45) is 11.1 Å². The SMILES string of the molecule is CNC(=O)C1CCCCN1C(=O)CC1(CN)CCC1. The summed E-state index contributed by atoms with van der Waals surface area (Å²) < 4.78 is 0. The second-order valence-electron chi connectivity index (χ2n) is 5.95. The number of nitrogens with two attached hydrogens (primary N) is 1. The quantitative estimate of drug-likeness (QED) is 0.784. The first-order valence-corrected chi connectivity index (χ1v) is 7.33. The highest BCUT2D eigenvalue weighted by Gasteiger charge is 2.40. The molecule has 2 fully saturated rings. The maximum absolute atomic E-state index is 12.5. The van der Waals surface area contributed by atoms with Crippen molar-refractivity contribution in [1.82, 2.24) is 10.2 Å². The summed E-state index contributed by atoms with van der Waals surface area (Å²) in [6.45, 7) is 1.29. The van der Waals surface area contributed by atoms with Crippen LogP contribution in [0.25, 0.3) is 0 Å². The molecule has 2 rings (SSSR count). The number of nitrogens with zero attached hydrogens (tertiary/aromatic N) is 1. The zero-order valence-electron chi connectivity index (χ0n) is 11.8. The first kappa shape index (κ1) is 14.3. The predicted molar refractivity (Wildman–Crippen MR) is 73.4 cm³/mol. The van der Waals surface area contributed by atoms with Crippen molar-refractivity contribution in [1.29, 1.82) is 0 Å². The number of carbonyl (C=O) groups is 2. The molecule has 1 heterocycles. The van der Waals surface area contributed by atoms with Crippen molar-refractivity contribution in [3.8, 4) is 0 Å². The van der Waals surface area contributed by atoms with E-state index in [0.717, 1.165) is 32.1 Å². The Morgan fingerprint density at radius 1 is 1.32 bits per heavy atom. The molecule has 2 amide bonds. The number of piperidine rings is 1. The van der Waals surface area contributed by atoms with E-state index in [1.807, 2.05) is 0 Å². The Morgan fingerprint density at radius 2 is 2.05 bits per heavy atom. The van der Waals surface area contributed by atoms with E-state index in [0.29, 0.717) is 19.5 Å². The maximum atomic E-state index is 12.5. The van der Waals surface area contributed by atoms with E-state index in [1.54, 1.807) is 11.9 Å². The van der Waals surface area contributed by atoms with Crippen LogP contribution in [0.2, 0.25) is 0 Å². The van der Waals surface area contributed by atoms with E-state index in [-0.39, 0.29) is 23.3 Å². The van der Waals surface area contributed by atoms with Gasteiger partial charge < -0.3 is 16.0 Å². The lowest BCUT2D eigenvalue weighted by atomic mass is 9.66. The Labute approximate surface area is 114 Å². The minimum Gasteiger partial charge on any atom is -0.357 e. The minimum atomic E-state index is -0.277. The molecule has 0 aromatic rings. The highest BCUT2D eigenvalue weighted by atomic mass is 16.2. The van der Waals surface area contributed by atoms with Gasteiger partial charge in [-0.25, -0.2) is 0 Å². The third kappa shape index (κ3) is 2.91. The van der Waals surface area contributed by atoms with Crippen LogP contribution in [-0.4, -0.2) is 42.9 Å². The number of hydrogen-bond acceptors (Lipinski definition) is 3. The number of rotatable bonds is 4. The van der Waals surface area contributed by atoms with Crippen molar-refractivity contribution >= 4 is 11.8 Å². The fraction of sp³-hybridized carbons (Fsp3) is 0.857. The van der Waals surface area contributed by atoms with Gasteiger partial charge in [0.15, 0.2) is 0 Å². The monoisotopic (exact) mass is 267 g/mol. The highest BCUT2D eigenvalue weighted by Crippen LogP contribution is 2.43. The van der Waals surface area contributed by atoms with E-state index in [1.165, 1.54) is 6.42 Å². The molecule has 0 aromatic heterocycles. The van der Waals surface area contributed by atoms with E-state index in [4.69, 9.17) is 5.73 Å². The molecule has 1 aliphatic heterocycles. The summed E-state index contributed by atoms with van der Waals surface area (Å²) in [5.41, 5.74) is 5.83. The summed E-state index contributed by atoms with van der Waals surface area (Å²) in [4.78, 5) is 26.1. The summed E-state index contributed by atoms with van der Waals surface area (Å²) in [5.74, 6) is 0.0712. The number of nitrogens with one attached hydrogen (secondary N) is 1. The smallest absolute Gasteiger partial charge is 0.242 e. The average Bonchev–Trinajstić information content (AvgIpc) is 2.41. The second-order valence-corrected chi connectivity index (χ2v) is 5.95. The molecule has 3 N–H and O–H groups in total. The largest absolute Gasteiger partial charge is 0.357 e. The second kappa shape index (κ2) is 5.90. The van der Waals surface area contributed by atoms with Crippen LogP contribution in [0.3, 0.4) is 0 Å². The van der Waals surface area contributed by atoms with Gasteiger partial charge >= 0.3 is 0 Å². The summed E-state index contributed by atoms with van der Waals surface area (Å²) >= 11 is 0. The van der Waals surface area contributed by atoms with Crippen LogP contribution < -0.4 is 11.1 Å². The minimum absolute atomic E-state index is 0.0156. The third-order valence-corrected chi connectivity index (χ3v) is 4.75. The van der Waals surface area contributed by atoms with Gasteiger partial charge in [0.05, 0.1) is 0 Å². The number of likely N-dealkylation sites (N-methyl/N-ethyl adjacent to an activating group) is 1. The van der Waals surface area contributed by atoms with Crippen LogP contribution in [0.15, 0.2) is 0 Å². The van der Waals surface area contributed by atoms with Gasteiger partial charge in [-0.3, -0.25) is 9.59 Å². The first-order chi connectivity index (χ1) is 9.12. The van der Waals surface area contributed by atoms with Gasteiger partial charge in [0.25, 0.3) is 0 Å². The van der Waals surface area contributed by atoms with E-state index < -0.39 is 0 Å². The van der Waals surface area contributed by atoms with Gasteiger partial charge in [0.1, 0.15) is 6.04 Å². The Morgan fingerprint density at radius 3 is 2.58 bits per heavy atom. The molecule has 1 saturated heterocycles. The van der Waals surface area contributed by atoms with Crippen LogP contribution in [0, 0.1) is 5.41 Å². The van der Waals surface area contributed by atoms with Gasteiger partial charge in [-0.2, -0.15) is 0 Å². The summed E-state index contributed by atoms with van der Waals surface area (Å²) in [6, 6.07) is -0.277. The van der Waals surface area contributed by atoms with Gasteiger partial charge in [-0.05, 0) is 44.1 Å². The lowest BCUT2D eigenvalue weighted by Gasteiger charge is -2.43. The predicted octanol–water partition coefficient (Wildman–Crippen LogP) is 0.633. The van der Waals surface area contributed by atoms with Gasteiger partial charge in [-0.15, -0.1) is 0 Å². The zero-order valence-corrected chi connectivity index (χ0v) is 11.8. The first-order valence-electron chi connectivity index (χ1n) is 7.33. The Balaban J connectivity index is 2.01. The number of hydrogen-bond donors (Lipinski definition) is 2. The molecular formula is C14H25N3O2. The molecule has 0 spiro atoms. The summed E-state index contributed by atoms with van der Waals surface area (Å²) in [6.07, 6.45) is 6.57. The van der Waals surface area contributed by atoms with E-state index in [2.05, 4.69) is 5.32 Å². The normalized spacial score (nSPS) is 25.6. The molecule has 0 aromatic carbocycles. The van der Waals surface area contributed by atoms with Crippen LogP contribution in [-0.2, 0) is 9.59 Å². The van der Waals surface area contributed by atoms with E-state index in [9.17, 15) is 9.59 Å². The summed E-state index contributed by atoms with van der Waals surface area (Å²) in [7, 11) is 1.63. The summed E-state index contributed by atoms with van der Waals surface area (Å²) in [5, 5.41) is 2.67. The standard InChI is InChI=1S/C14H25N3O2/c1-16-13(19)11-5-2-3-8-17(11)12(18)9-14(10-15)6-4-7-14/h11H,2-10,15H2,1H3,(H,16,19). The molecule has 1 saturated carbocycles. The molecular weight excluding hydrogens is 242 g/mol. The van der Waals surface area contributed by atoms with Gasteiger partial charge in [-0.1, -0.05) is 6.42 Å². The molecule has 0 bridgehead atoms. The Bertz CT molecular complexity index is 347. The Kier molecular flexibility index (Phi) is 4.45. The Hall–Kier alpha value is -1.10. The fourth-order valence-corrected chi connectivity index (χ4v) is 3.22. The number of amides is 2. The van der Waals surface area contributed by atoms with Gasteiger partial charge in [0.2, 0.25) is 11.8 Å². The van der Waals surface area contributed by atoms with Crippen molar-refractivity contribution in [3.63, 3.8) is 0 Å². The molecule has 2 aliphatic rings. The topological polar surface area (TPSA) is 75.4 Å². The molecule has 0 radical (unpaired) electrons. The molecule has 19 heavy (non-hydrogen) atoms. The highest BCUT2D eigenvalue weighted by molar-refractivity contribution is 5.88. The molecule has 1 aliphatic carbocycles. The number of carbonyl (C=O) groups excluding carboxylic acids is 2. The van der Waals surface area contributed by atoms with Gasteiger partial charge in [0, 0.05) is 20.0 Å².